The maximum absolute atomic E-state index is 12.4. The predicted molar refractivity (Wildman–Crippen MR) is 64.7 cm³/mol. The smallest absolute Gasteiger partial charge is 0.309 e. The average molecular weight is 261 g/mol. The van der Waals surface area contributed by atoms with Gasteiger partial charge < -0.3 is 4.90 Å². The summed E-state index contributed by atoms with van der Waals surface area (Å²) in [5, 5.41) is 0. The minimum Gasteiger partial charge on any atom is -0.309 e. The number of alkyl halides is 3. The molecule has 0 heterocycles. The number of nitrogens with two attached hydrogens (primary N) is 1. The molecule has 0 saturated heterocycles. The molecule has 0 amide bonds. The Labute approximate surface area is 105 Å². The first-order valence-electron chi connectivity index (χ1n) is 5.62. The Hall–Kier alpha value is -1.11. The van der Waals surface area contributed by atoms with Crippen LogP contribution < -0.4 is 11.3 Å². The quantitative estimate of drug-likeness (QED) is 0.630. The second kappa shape index (κ2) is 6.17. The number of rotatable bonds is 5. The molecule has 0 saturated carbocycles. The summed E-state index contributed by atoms with van der Waals surface area (Å²) in [6.07, 6.45) is -3.57. The van der Waals surface area contributed by atoms with Gasteiger partial charge in [0.15, 0.2) is 0 Å². The minimum atomic E-state index is -4.30. The lowest BCUT2D eigenvalue weighted by atomic mass is 10.0. The molecule has 102 valence electrons. The van der Waals surface area contributed by atoms with E-state index in [0.717, 1.165) is 30.7 Å². The highest BCUT2D eigenvalue weighted by molar-refractivity contribution is 5.26. The van der Waals surface area contributed by atoms with Crippen LogP contribution in [0.25, 0.3) is 0 Å². The lowest BCUT2D eigenvalue weighted by Crippen LogP contribution is -2.30. The summed E-state index contributed by atoms with van der Waals surface area (Å²) >= 11 is 0. The first kappa shape index (κ1) is 14.9. The van der Waals surface area contributed by atoms with Crippen LogP contribution in [0, 0.1) is 0 Å². The summed E-state index contributed by atoms with van der Waals surface area (Å²) in [5.41, 5.74) is 2.74. The third kappa shape index (κ3) is 4.29. The van der Waals surface area contributed by atoms with E-state index in [4.69, 9.17) is 5.84 Å². The average Bonchev–Trinajstić information content (AvgIpc) is 2.29. The van der Waals surface area contributed by atoms with Crippen molar-refractivity contribution in [2.75, 3.05) is 20.6 Å². The standard InChI is InChI=1S/C12H18F3N3/c1-18(2)8-7-11(17-16)9-3-5-10(6-4-9)12(13,14)15/h3-6,11,17H,7-8,16H2,1-2H3. The Morgan fingerprint density at radius 1 is 1.22 bits per heavy atom. The zero-order valence-corrected chi connectivity index (χ0v) is 10.5. The van der Waals surface area contributed by atoms with E-state index in [1.807, 2.05) is 19.0 Å². The zero-order valence-electron chi connectivity index (χ0n) is 10.5. The fraction of sp³-hybridized carbons (Fsp3) is 0.500. The molecule has 3 nitrogen and oxygen atoms in total. The van der Waals surface area contributed by atoms with Gasteiger partial charge in [-0.1, -0.05) is 12.1 Å². The van der Waals surface area contributed by atoms with Gasteiger partial charge in [-0.15, -0.1) is 0 Å². The number of benzene rings is 1. The molecule has 3 N–H and O–H groups in total. The summed E-state index contributed by atoms with van der Waals surface area (Å²) in [7, 11) is 3.86. The minimum absolute atomic E-state index is 0.144. The van der Waals surface area contributed by atoms with Gasteiger partial charge in [-0.25, -0.2) is 0 Å². The van der Waals surface area contributed by atoms with Crippen LogP contribution in [0.1, 0.15) is 23.6 Å². The number of hydrazine groups is 1. The van der Waals surface area contributed by atoms with E-state index < -0.39 is 11.7 Å². The van der Waals surface area contributed by atoms with Gasteiger partial charge >= 0.3 is 6.18 Å². The fourth-order valence-corrected chi connectivity index (χ4v) is 1.64. The summed E-state index contributed by atoms with van der Waals surface area (Å²) < 4.78 is 37.2. The summed E-state index contributed by atoms with van der Waals surface area (Å²) in [6, 6.07) is 4.94. The van der Waals surface area contributed by atoms with E-state index in [1.54, 1.807) is 0 Å². The molecule has 0 aliphatic heterocycles. The van der Waals surface area contributed by atoms with Gasteiger partial charge in [-0.05, 0) is 44.8 Å². The number of hydrogen-bond acceptors (Lipinski definition) is 3. The zero-order chi connectivity index (χ0) is 13.8. The summed E-state index contributed by atoms with van der Waals surface area (Å²) in [6.45, 7) is 0.801. The molecule has 1 unspecified atom stereocenters. The highest BCUT2D eigenvalue weighted by Gasteiger charge is 2.30. The third-order valence-electron chi connectivity index (χ3n) is 2.71. The van der Waals surface area contributed by atoms with Crippen molar-refractivity contribution in [3.8, 4) is 0 Å². The Morgan fingerprint density at radius 2 is 1.78 bits per heavy atom. The first-order chi connectivity index (χ1) is 8.34. The van der Waals surface area contributed by atoms with Gasteiger partial charge in [-0.2, -0.15) is 13.2 Å². The molecule has 0 aliphatic rings. The molecule has 0 radical (unpaired) electrons. The van der Waals surface area contributed by atoms with Gasteiger partial charge in [0, 0.05) is 6.04 Å². The van der Waals surface area contributed by atoms with Crippen LogP contribution >= 0.6 is 0 Å². The molecule has 0 fully saturated rings. The van der Waals surface area contributed by atoms with Crippen LogP contribution in [0.5, 0.6) is 0 Å². The van der Waals surface area contributed by atoms with Crippen molar-refractivity contribution in [3.63, 3.8) is 0 Å². The number of halogens is 3. The highest BCUT2D eigenvalue weighted by atomic mass is 19.4. The van der Waals surface area contributed by atoms with Gasteiger partial charge in [0.05, 0.1) is 5.56 Å². The van der Waals surface area contributed by atoms with Crippen molar-refractivity contribution in [2.24, 2.45) is 5.84 Å². The van der Waals surface area contributed by atoms with E-state index in [2.05, 4.69) is 5.43 Å². The van der Waals surface area contributed by atoms with E-state index in [0.29, 0.717) is 0 Å². The Balaban J connectivity index is 2.76. The maximum atomic E-state index is 12.4. The first-order valence-corrected chi connectivity index (χ1v) is 5.62. The lowest BCUT2D eigenvalue weighted by molar-refractivity contribution is -0.137. The Kier molecular flexibility index (Phi) is 5.13. The molecule has 1 aromatic carbocycles. The molecule has 0 bridgehead atoms. The number of nitrogens with one attached hydrogen (secondary N) is 1. The molecular formula is C12H18F3N3. The van der Waals surface area contributed by atoms with E-state index in [-0.39, 0.29) is 6.04 Å². The van der Waals surface area contributed by atoms with Crippen LogP contribution in [-0.2, 0) is 6.18 Å². The summed E-state index contributed by atoms with van der Waals surface area (Å²) in [5.74, 6) is 5.42. The van der Waals surface area contributed by atoms with Crippen LogP contribution in [0.3, 0.4) is 0 Å². The summed E-state index contributed by atoms with van der Waals surface area (Å²) in [4.78, 5) is 1.99. The Morgan fingerprint density at radius 3 is 2.17 bits per heavy atom. The number of nitrogens with zero attached hydrogens (tertiary/aromatic N) is 1. The molecule has 1 atom stereocenters. The van der Waals surface area contributed by atoms with E-state index in [1.165, 1.54) is 12.1 Å². The fourth-order valence-electron chi connectivity index (χ4n) is 1.64. The van der Waals surface area contributed by atoms with Crippen LogP contribution in [0.4, 0.5) is 13.2 Å². The second-order valence-corrected chi connectivity index (χ2v) is 4.43. The predicted octanol–water partition coefficient (Wildman–Crippen LogP) is 2.16. The van der Waals surface area contributed by atoms with Crippen molar-refractivity contribution >= 4 is 0 Å². The number of hydrogen-bond donors (Lipinski definition) is 2. The molecule has 1 aromatic rings. The van der Waals surface area contributed by atoms with Gasteiger partial charge in [0.25, 0.3) is 0 Å². The normalized spacial score (nSPS) is 13.9. The largest absolute Gasteiger partial charge is 0.416 e. The molecular weight excluding hydrogens is 243 g/mol. The van der Waals surface area contributed by atoms with Crippen molar-refractivity contribution in [2.45, 2.75) is 18.6 Å². The van der Waals surface area contributed by atoms with Crippen molar-refractivity contribution < 1.29 is 13.2 Å². The van der Waals surface area contributed by atoms with E-state index in [9.17, 15) is 13.2 Å². The van der Waals surface area contributed by atoms with Crippen molar-refractivity contribution in [1.29, 1.82) is 0 Å². The van der Waals surface area contributed by atoms with Gasteiger partial charge in [-0.3, -0.25) is 11.3 Å². The van der Waals surface area contributed by atoms with Crippen molar-refractivity contribution in [3.05, 3.63) is 35.4 Å². The lowest BCUT2D eigenvalue weighted by Gasteiger charge is -2.19. The molecule has 18 heavy (non-hydrogen) atoms. The van der Waals surface area contributed by atoms with Gasteiger partial charge in [0.2, 0.25) is 0 Å². The Bertz CT molecular complexity index is 360. The monoisotopic (exact) mass is 261 g/mol. The molecule has 0 aliphatic carbocycles. The molecule has 0 aromatic heterocycles. The van der Waals surface area contributed by atoms with E-state index >= 15 is 0 Å². The molecule has 1 rings (SSSR count). The topological polar surface area (TPSA) is 41.3 Å². The maximum Gasteiger partial charge on any atom is 0.416 e. The van der Waals surface area contributed by atoms with Crippen LogP contribution in [0.2, 0.25) is 0 Å². The molecule has 0 spiro atoms. The van der Waals surface area contributed by atoms with Crippen LogP contribution in [0.15, 0.2) is 24.3 Å². The third-order valence-corrected chi connectivity index (χ3v) is 2.71. The van der Waals surface area contributed by atoms with Crippen molar-refractivity contribution in [1.82, 2.24) is 10.3 Å². The van der Waals surface area contributed by atoms with Crippen LogP contribution in [-0.4, -0.2) is 25.5 Å². The second-order valence-electron chi connectivity index (χ2n) is 4.43. The van der Waals surface area contributed by atoms with Gasteiger partial charge in [0.1, 0.15) is 0 Å². The SMILES string of the molecule is CN(C)CCC(NN)c1ccc(C(F)(F)F)cc1. The highest BCUT2D eigenvalue weighted by Crippen LogP contribution is 2.30. The molecule has 6 heteroatoms.